The summed E-state index contributed by atoms with van der Waals surface area (Å²) in [5.74, 6) is 0.770. The van der Waals surface area contributed by atoms with Crippen molar-refractivity contribution in [1.82, 2.24) is 10.3 Å². The van der Waals surface area contributed by atoms with Crippen molar-refractivity contribution in [3.63, 3.8) is 0 Å². The fourth-order valence-electron chi connectivity index (χ4n) is 3.06. The summed E-state index contributed by atoms with van der Waals surface area (Å²) in [4.78, 5) is 28.4. The van der Waals surface area contributed by atoms with Crippen LogP contribution in [0.15, 0.2) is 42.6 Å². The number of ether oxygens (including phenoxy) is 1. The molecule has 2 aromatic carbocycles. The third-order valence-corrected chi connectivity index (χ3v) is 5.06. The minimum Gasteiger partial charge on any atom is -0.457 e. The molecule has 0 aliphatic carbocycles. The van der Waals surface area contributed by atoms with Gasteiger partial charge in [0, 0.05) is 41.6 Å². The molecule has 1 N–H and O–H groups in total. The highest BCUT2D eigenvalue weighted by atomic mass is 35.5. The molecule has 3 aromatic rings. The van der Waals surface area contributed by atoms with Crippen molar-refractivity contribution < 1.29 is 18.7 Å². The Balaban J connectivity index is 1.93. The molecule has 1 amide bonds. The van der Waals surface area contributed by atoms with Crippen LogP contribution in [-0.2, 0) is 11.2 Å². The van der Waals surface area contributed by atoms with Crippen LogP contribution in [0.3, 0.4) is 0 Å². The largest absolute Gasteiger partial charge is 0.457 e. The highest BCUT2D eigenvalue weighted by molar-refractivity contribution is 6.31. The average molecular weight is 429 g/mol. The van der Waals surface area contributed by atoms with Crippen LogP contribution < -0.4 is 10.1 Å². The van der Waals surface area contributed by atoms with Crippen LogP contribution in [-0.4, -0.2) is 29.9 Å². The lowest BCUT2D eigenvalue weighted by Gasteiger charge is -2.13. The van der Waals surface area contributed by atoms with E-state index in [9.17, 15) is 14.0 Å². The first-order valence-electron chi connectivity index (χ1n) is 9.64. The van der Waals surface area contributed by atoms with Crippen molar-refractivity contribution in [1.29, 1.82) is 0 Å². The third-order valence-electron chi connectivity index (χ3n) is 4.71. The number of aromatic nitrogens is 1. The molecule has 0 atom stereocenters. The lowest BCUT2D eigenvalue weighted by molar-refractivity contribution is -0.118. The van der Waals surface area contributed by atoms with E-state index in [-0.39, 0.29) is 24.7 Å². The Hall–Kier alpha value is -2.99. The second-order valence-electron chi connectivity index (χ2n) is 6.86. The van der Waals surface area contributed by atoms with Gasteiger partial charge in [-0.25, -0.2) is 4.39 Å². The highest BCUT2D eigenvalue weighted by Gasteiger charge is 2.14. The molecule has 0 aliphatic rings. The summed E-state index contributed by atoms with van der Waals surface area (Å²) < 4.78 is 18.4. The zero-order valence-corrected chi connectivity index (χ0v) is 17.6. The van der Waals surface area contributed by atoms with E-state index in [0.717, 1.165) is 11.1 Å². The SMILES string of the molecule is CCC(=O)Cc1ccc(Oc2ccnc3cc(C)c(C(=O)NCCF)cc23)cc1Cl. The van der Waals surface area contributed by atoms with E-state index in [1.165, 1.54) is 0 Å². The first-order chi connectivity index (χ1) is 14.4. The normalized spacial score (nSPS) is 10.8. The number of alkyl halides is 1. The quantitative estimate of drug-likeness (QED) is 0.534. The lowest BCUT2D eigenvalue weighted by atomic mass is 10.0. The summed E-state index contributed by atoms with van der Waals surface area (Å²) in [6.07, 6.45) is 2.36. The summed E-state index contributed by atoms with van der Waals surface area (Å²) >= 11 is 6.32. The second-order valence-corrected chi connectivity index (χ2v) is 7.27. The summed E-state index contributed by atoms with van der Waals surface area (Å²) in [7, 11) is 0. The van der Waals surface area contributed by atoms with E-state index >= 15 is 0 Å². The number of hydrogen-bond acceptors (Lipinski definition) is 4. The number of carbonyl (C=O) groups is 2. The number of fused-ring (bicyclic) bond motifs is 1. The molecular formula is C23H22ClFN2O3. The van der Waals surface area contributed by atoms with E-state index in [0.29, 0.717) is 39.4 Å². The molecule has 156 valence electrons. The van der Waals surface area contributed by atoms with Crippen LogP contribution in [0.25, 0.3) is 10.9 Å². The Bertz CT molecular complexity index is 1100. The predicted octanol–water partition coefficient (Wildman–Crippen LogP) is 5.21. The molecule has 3 rings (SSSR count). The van der Waals surface area contributed by atoms with Gasteiger partial charge in [0.15, 0.2) is 0 Å². The molecule has 7 heteroatoms. The number of rotatable bonds is 8. The molecule has 5 nitrogen and oxygen atoms in total. The molecule has 1 heterocycles. The van der Waals surface area contributed by atoms with Gasteiger partial charge < -0.3 is 10.1 Å². The summed E-state index contributed by atoms with van der Waals surface area (Å²) in [5, 5.41) is 3.64. The first-order valence-corrected chi connectivity index (χ1v) is 10.0. The summed E-state index contributed by atoms with van der Waals surface area (Å²) in [6.45, 7) is 2.94. The molecular weight excluding hydrogens is 407 g/mol. The van der Waals surface area contributed by atoms with Gasteiger partial charge in [-0.3, -0.25) is 14.6 Å². The Morgan fingerprint density at radius 2 is 2.00 bits per heavy atom. The van der Waals surface area contributed by atoms with Gasteiger partial charge in [-0.15, -0.1) is 0 Å². The van der Waals surface area contributed by atoms with Gasteiger partial charge in [-0.1, -0.05) is 24.6 Å². The average Bonchev–Trinajstić information content (AvgIpc) is 2.73. The molecule has 0 spiro atoms. The number of benzene rings is 2. The number of halogens is 2. The minimum absolute atomic E-state index is 0.0436. The summed E-state index contributed by atoms with van der Waals surface area (Å²) in [5.41, 5.74) is 2.58. The van der Waals surface area contributed by atoms with Crippen molar-refractivity contribution in [3.05, 3.63) is 64.3 Å². The zero-order chi connectivity index (χ0) is 21.7. The number of amides is 1. The number of carbonyl (C=O) groups excluding carboxylic acids is 2. The maximum Gasteiger partial charge on any atom is 0.251 e. The van der Waals surface area contributed by atoms with Crippen LogP contribution >= 0.6 is 11.6 Å². The van der Waals surface area contributed by atoms with Crippen molar-refractivity contribution in [3.8, 4) is 11.5 Å². The van der Waals surface area contributed by atoms with Gasteiger partial charge >= 0.3 is 0 Å². The molecule has 0 fully saturated rings. The van der Waals surface area contributed by atoms with Crippen LogP contribution in [0.1, 0.15) is 34.8 Å². The lowest BCUT2D eigenvalue weighted by Crippen LogP contribution is -2.26. The van der Waals surface area contributed by atoms with Crippen molar-refractivity contribution >= 4 is 34.2 Å². The van der Waals surface area contributed by atoms with Crippen LogP contribution in [0.4, 0.5) is 4.39 Å². The van der Waals surface area contributed by atoms with Gasteiger partial charge in [-0.05, 0) is 48.4 Å². The Morgan fingerprint density at radius 1 is 1.20 bits per heavy atom. The van der Waals surface area contributed by atoms with Crippen molar-refractivity contribution in [2.24, 2.45) is 0 Å². The number of hydrogen-bond donors (Lipinski definition) is 1. The molecule has 1 aromatic heterocycles. The smallest absolute Gasteiger partial charge is 0.251 e. The van der Waals surface area contributed by atoms with E-state index < -0.39 is 6.67 Å². The van der Waals surface area contributed by atoms with Gasteiger partial charge in [0.25, 0.3) is 5.91 Å². The number of Topliss-reactive ketones (excluding diaryl/α,β-unsaturated/α-hetero) is 1. The van der Waals surface area contributed by atoms with Crippen LogP contribution in [0, 0.1) is 6.92 Å². The molecule has 0 unspecified atom stereocenters. The number of aryl methyl sites for hydroxylation is 1. The van der Waals surface area contributed by atoms with E-state index in [2.05, 4.69) is 10.3 Å². The Labute approximate surface area is 179 Å². The van der Waals surface area contributed by atoms with Gasteiger partial charge in [0.2, 0.25) is 0 Å². The Kier molecular flexibility index (Phi) is 7.00. The van der Waals surface area contributed by atoms with E-state index in [4.69, 9.17) is 16.3 Å². The maximum atomic E-state index is 12.4. The van der Waals surface area contributed by atoms with E-state index in [1.807, 2.05) is 6.92 Å². The maximum absolute atomic E-state index is 12.4. The van der Waals surface area contributed by atoms with Crippen molar-refractivity contribution in [2.75, 3.05) is 13.2 Å². The number of nitrogens with zero attached hydrogens (tertiary/aromatic N) is 1. The molecule has 30 heavy (non-hydrogen) atoms. The van der Waals surface area contributed by atoms with E-state index in [1.54, 1.807) is 49.5 Å². The highest BCUT2D eigenvalue weighted by Crippen LogP contribution is 2.32. The minimum atomic E-state index is -0.630. The molecule has 0 saturated heterocycles. The standard InChI is InChI=1S/C23H22ClFN2O3/c1-3-16(28)11-15-4-5-17(12-20(15)24)30-22-6-8-26-21-10-14(2)18(13-19(21)22)23(29)27-9-7-25/h4-6,8,10,12-13H,3,7,9,11H2,1-2H3,(H,27,29). The fraction of sp³-hybridized carbons (Fsp3) is 0.261. The zero-order valence-electron chi connectivity index (χ0n) is 16.8. The monoisotopic (exact) mass is 428 g/mol. The van der Waals surface area contributed by atoms with Crippen molar-refractivity contribution in [2.45, 2.75) is 26.7 Å². The molecule has 0 bridgehead atoms. The van der Waals surface area contributed by atoms with Gasteiger partial charge in [-0.2, -0.15) is 0 Å². The number of pyridine rings is 1. The molecule has 0 aliphatic heterocycles. The van der Waals surface area contributed by atoms with Crippen LogP contribution in [0.5, 0.6) is 11.5 Å². The number of ketones is 1. The third kappa shape index (κ3) is 4.94. The molecule has 0 radical (unpaired) electrons. The van der Waals surface area contributed by atoms with Gasteiger partial charge in [0.1, 0.15) is 24.0 Å². The fourth-order valence-corrected chi connectivity index (χ4v) is 3.30. The number of nitrogens with one attached hydrogen (secondary N) is 1. The van der Waals surface area contributed by atoms with Crippen LogP contribution in [0.2, 0.25) is 5.02 Å². The molecule has 0 saturated carbocycles. The topological polar surface area (TPSA) is 68.3 Å². The second kappa shape index (κ2) is 9.67. The predicted molar refractivity (Wildman–Crippen MR) is 115 cm³/mol. The Morgan fingerprint density at radius 3 is 2.70 bits per heavy atom. The summed E-state index contributed by atoms with van der Waals surface area (Å²) in [6, 6.07) is 10.4. The first kappa shape index (κ1) is 21.7. The van der Waals surface area contributed by atoms with Gasteiger partial charge in [0.05, 0.1) is 5.52 Å².